The van der Waals surface area contributed by atoms with Crippen LogP contribution in [0.15, 0.2) is 15.2 Å². The number of nitrogens with zero attached hydrogens (tertiary/aromatic N) is 3. The van der Waals surface area contributed by atoms with Crippen LogP contribution in [0, 0.1) is 12.8 Å². The normalized spacial score (nSPS) is 13.2. The third-order valence-electron chi connectivity index (χ3n) is 2.33. The van der Waals surface area contributed by atoms with Gasteiger partial charge in [0.1, 0.15) is 12.0 Å². The Balaban J connectivity index is 2.15. The molecule has 0 amide bonds. The van der Waals surface area contributed by atoms with E-state index in [0.717, 1.165) is 6.42 Å². The molecular weight excluding hydrogens is 220 g/mol. The van der Waals surface area contributed by atoms with Crippen molar-refractivity contribution in [3.8, 4) is 11.5 Å². The number of rotatable bonds is 4. The molecule has 2 rings (SSSR count). The summed E-state index contributed by atoms with van der Waals surface area (Å²) < 4.78 is 10.2. The number of nitrogens with two attached hydrogens (primary N) is 1. The minimum Gasteiger partial charge on any atom is -0.449 e. The van der Waals surface area contributed by atoms with Crippen molar-refractivity contribution < 1.29 is 8.94 Å². The van der Waals surface area contributed by atoms with Crippen LogP contribution >= 0.6 is 0 Å². The summed E-state index contributed by atoms with van der Waals surface area (Å²) in [6.45, 7) is 5.95. The van der Waals surface area contributed by atoms with Crippen molar-refractivity contribution >= 4 is 0 Å². The second kappa shape index (κ2) is 4.67. The maximum atomic E-state index is 5.95. The molecule has 0 aliphatic carbocycles. The molecular formula is C11H16N4O2. The zero-order valence-corrected chi connectivity index (χ0v) is 10.2. The van der Waals surface area contributed by atoms with E-state index in [1.807, 2.05) is 0 Å². The molecule has 6 heteroatoms. The molecule has 92 valence electrons. The summed E-state index contributed by atoms with van der Waals surface area (Å²) in [5.41, 5.74) is 6.52. The fourth-order valence-electron chi connectivity index (χ4n) is 1.56. The fourth-order valence-corrected chi connectivity index (χ4v) is 1.56. The number of aromatic nitrogens is 3. The molecule has 2 aromatic rings. The first kappa shape index (κ1) is 11.8. The Morgan fingerprint density at radius 1 is 1.35 bits per heavy atom. The van der Waals surface area contributed by atoms with Gasteiger partial charge in [-0.15, -0.1) is 0 Å². The van der Waals surface area contributed by atoms with Crippen LogP contribution in [0.4, 0.5) is 0 Å². The average Bonchev–Trinajstić information content (AvgIpc) is 2.84. The summed E-state index contributed by atoms with van der Waals surface area (Å²) >= 11 is 0. The van der Waals surface area contributed by atoms with Gasteiger partial charge in [-0.2, -0.15) is 4.98 Å². The van der Waals surface area contributed by atoms with Gasteiger partial charge in [-0.3, -0.25) is 0 Å². The molecule has 0 bridgehead atoms. The van der Waals surface area contributed by atoms with Crippen LogP contribution < -0.4 is 5.73 Å². The maximum absolute atomic E-state index is 5.95. The third kappa shape index (κ3) is 2.71. The Labute approximate surface area is 99.2 Å². The lowest BCUT2D eigenvalue weighted by molar-refractivity contribution is 0.335. The van der Waals surface area contributed by atoms with E-state index in [1.165, 1.54) is 6.26 Å². The van der Waals surface area contributed by atoms with Gasteiger partial charge in [0, 0.05) is 6.92 Å². The molecule has 0 aliphatic heterocycles. The minimum absolute atomic E-state index is 0.232. The lowest BCUT2D eigenvalue weighted by atomic mass is 10.0. The highest BCUT2D eigenvalue weighted by atomic mass is 16.5. The Hall–Kier alpha value is -1.69. The zero-order valence-electron chi connectivity index (χ0n) is 10.2. The summed E-state index contributed by atoms with van der Waals surface area (Å²) in [6, 6.07) is -0.232. The lowest BCUT2D eigenvalue weighted by Gasteiger charge is -2.08. The van der Waals surface area contributed by atoms with Gasteiger partial charge >= 0.3 is 0 Å². The van der Waals surface area contributed by atoms with Gasteiger partial charge in [0.25, 0.3) is 0 Å². The average molecular weight is 236 g/mol. The van der Waals surface area contributed by atoms with Gasteiger partial charge in [-0.05, 0) is 12.3 Å². The predicted molar refractivity (Wildman–Crippen MR) is 60.9 cm³/mol. The highest BCUT2D eigenvalue weighted by Crippen LogP contribution is 2.20. The monoisotopic (exact) mass is 236 g/mol. The van der Waals surface area contributed by atoms with Crippen molar-refractivity contribution in [2.45, 2.75) is 33.2 Å². The van der Waals surface area contributed by atoms with Crippen LogP contribution in [0.25, 0.3) is 11.5 Å². The molecule has 0 saturated carbocycles. The van der Waals surface area contributed by atoms with Crippen LogP contribution in [0.5, 0.6) is 0 Å². The molecule has 0 fully saturated rings. The summed E-state index contributed by atoms with van der Waals surface area (Å²) in [6.07, 6.45) is 2.30. The van der Waals surface area contributed by atoms with Crippen LogP contribution in [0.1, 0.15) is 38.1 Å². The molecule has 2 heterocycles. The zero-order chi connectivity index (χ0) is 12.4. The largest absolute Gasteiger partial charge is 0.449 e. The summed E-state index contributed by atoms with van der Waals surface area (Å²) in [5.74, 6) is 1.90. The number of hydrogen-bond acceptors (Lipinski definition) is 6. The van der Waals surface area contributed by atoms with Gasteiger partial charge in [0.15, 0.2) is 5.89 Å². The van der Waals surface area contributed by atoms with Gasteiger partial charge in [0.2, 0.25) is 11.7 Å². The molecule has 0 aromatic carbocycles. The standard InChI is InChI=1S/C11H16N4O2/c1-6(2)4-8(12)11-14-10(15-17-11)9-5-16-7(3)13-9/h5-6,8H,4,12H2,1-3H3/t8-/m1/s1. The van der Waals surface area contributed by atoms with Crippen molar-refractivity contribution in [3.05, 3.63) is 18.0 Å². The van der Waals surface area contributed by atoms with Crippen LogP contribution in [-0.2, 0) is 0 Å². The summed E-state index contributed by atoms with van der Waals surface area (Å²) in [4.78, 5) is 8.34. The molecule has 2 N–H and O–H groups in total. The Bertz CT molecular complexity index is 489. The highest BCUT2D eigenvalue weighted by molar-refractivity contribution is 5.45. The van der Waals surface area contributed by atoms with Crippen molar-refractivity contribution in [2.24, 2.45) is 11.7 Å². The van der Waals surface area contributed by atoms with Gasteiger partial charge < -0.3 is 14.7 Å². The molecule has 2 aromatic heterocycles. The van der Waals surface area contributed by atoms with Gasteiger partial charge in [-0.25, -0.2) is 4.98 Å². The first-order valence-corrected chi connectivity index (χ1v) is 5.58. The first-order valence-electron chi connectivity index (χ1n) is 5.58. The molecule has 0 spiro atoms. The topological polar surface area (TPSA) is 91.0 Å². The molecule has 0 aliphatic rings. The van der Waals surface area contributed by atoms with E-state index in [4.69, 9.17) is 14.7 Å². The minimum atomic E-state index is -0.232. The third-order valence-corrected chi connectivity index (χ3v) is 2.33. The Kier molecular flexibility index (Phi) is 3.23. The fraction of sp³-hybridized carbons (Fsp3) is 0.545. The van der Waals surface area contributed by atoms with E-state index in [1.54, 1.807) is 6.92 Å². The van der Waals surface area contributed by atoms with Crippen molar-refractivity contribution in [2.75, 3.05) is 0 Å². The number of hydrogen-bond donors (Lipinski definition) is 1. The predicted octanol–water partition coefficient (Wildman–Crippen LogP) is 2.08. The Morgan fingerprint density at radius 2 is 2.12 bits per heavy atom. The molecule has 6 nitrogen and oxygen atoms in total. The maximum Gasteiger partial charge on any atom is 0.243 e. The second-order valence-electron chi connectivity index (χ2n) is 4.44. The van der Waals surface area contributed by atoms with Crippen molar-refractivity contribution in [3.63, 3.8) is 0 Å². The molecule has 0 radical (unpaired) electrons. The Morgan fingerprint density at radius 3 is 2.71 bits per heavy atom. The van der Waals surface area contributed by atoms with Crippen molar-refractivity contribution in [1.82, 2.24) is 15.1 Å². The van der Waals surface area contributed by atoms with Crippen LogP contribution in [0.2, 0.25) is 0 Å². The lowest BCUT2D eigenvalue weighted by Crippen LogP contribution is -2.13. The number of aryl methyl sites for hydroxylation is 1. The summed E-state index contributed by atoms with van der Waals surface area (Å²) in [7, 11) is 0. The van der Waals surface area contributed by atoms with E-state index in [0.29, 0.717) is 29.2 Å². The smallest absolute Gasteiger partial charge is 0.243 e. The van der Waals surface area contributed by atoms with E-state index >= 15 is 0 Å². The first-order chi connectivity index (χ1) is 8.06. The summed E-state index contributed by atoms with van der Waals surface area (Å²) in [5, 5.41) is 3.84. The highest BCUT2D eigenvalue weighted by Gasteiger charge is 2.18. The SMILES string of the molecule is Cc1nc(-c2noc([C@H](N)CC(C)C)n2)co1. The van der Waals surface area contributed by atoms with Crippen LogP contribution in [0.3, 0.4) is 0 Å². The second-order valence-corrected chi connectivity index (χ2v) is 4.44. The van der Waals surface area contributed by atoms with Gasteiger partial charge in [-0.1, -0.05) is 19.0 Å². The molecule has 17 heavy (non-hydrogen) atoms. The van der Waals surface area contributed by atoms with E-state index < -0.39 is 0 Å². The quantitative estimate of drug-likeness (QED) is 0.873. The van der Waals surface area contributed by atoms with E-state index in [-0.39, 0.29) is 6.04 Å². The number of oxazole rings is 1. The van der Waals surface area contributed by atoms with E-state index in [2.05, 4.69) is 29.0 Å². The molecule has 0 saturated heterocycles. The molecule has 1 atom stereocenters. The van der Waals surface area contributed by atoms with E-state index in [9.17, 15) is 0 Å². The molecule has 0 unspecified atom stereocenters. The van der Waals surface area contributed by atoms with Crippen LogP contribution in [-0.4, -0.2) is 15.1 Å². The van der Waals surface area contributed by atoms with Crippen molar-refractivity contribution in [1.29, 1.82) is 0 Å². The van der Waals surface area contributed by atoms with Gasteiger partial charge in [0.05, 0.1) is 6.04 Å².